The van der Waals surface area contributed by atoms with Crippen molar-refractivity contribution >= 4 is 21.6 Å². The summed E-state index contributed by atoms with van der Waals surface area (Å²) in [7, 11) is 0. The summed E-state index contributed by atoms with van der Waals surface area (Å²) in [4.78, 5) is 0. The van der Waals surface area contributed by atoms with Crippen molar-refractivity contribution in [2.45, 2.75) is 25.0 Å². The molecule has 3 heteroatoms. The number of anilines is 1. The van der Waals surface area contributed by atoms with Crippen molar-refractivity contribution in [3.63, 3.8) is 0 Å². The van der Waals surface area contributed by atoms with Gasteiger partial charge in [0.05, 0.1) is 12.1 Å². The summed E-state index contributed by atoms with van der Waals surface area (Å²) >= 11 is 3.58. The van der Waals surface area contributed by atoms with Crippen LogP contribution in [0.4, 0.5) is 5.69 Å². The molecule has 3 atom stereocenters. The van der Waals surface area contributed by atoms with E-state index in [1.165, 1.54) is 23.2 Å². The van der Waals surface area contributed by atoms with E-state index in [-0.39, 0.29) is 6.10 Å². The van der Waals surface area contributed by atoms with E-state index >= 15 is 0 Å². The molecule has 2 aliphatic rings. The Hall–Kier alpha value is -1.32. The average Bonchev–Trinajstić information content (AvgIpc) is 2.55. The third-order valence-corrected chi connectivity index (χ3v) is 5.08. The van der Waals surface area contributed by atoms with Gasteiger partial charge in [0, 0.05) is 28.2 Å². The van der Waals surface area contributed by atoms with Crippen molar-refractivity contribution in [2.24, 2.45) is 5.92 Å². The van der Waals surface area contributed by atoms with Gasteiger partial charge in [0.2, 0.25) is 0 Å². The molecule has 0 saturated carbocycles. The molecule has 0 radical (unpaired) electrons. The van der Waals surface area contributed by atoms with Gasteiger partial charge in [-0.25, -0.2) is 0 Å². The van der Waals surface area contributed by atoms with Gasteiger partial charge in [-0.05, 0) is 36.6 Å². The molecule has 0 bridgehead atoms. The summed E-state index contributed by atoms with van der Waals surface area (Å²) in [6.45, 7) is 0.870. The van der Waals surface area contributed by atoms with Gasteiger partial charge in [-0.1, -0.05) is 46.3 Å². The van der Waals surface area contributed by atoms with Crippen molar-refractivity contribution in [2.75, 3.05) is 11.9 Å². The van der Waals surface area contributed by atoms with Crippen LogP contribution < -0.4 is 5.32 Å². The largest absolute Gasteiger partial charge is 0.378 e. The summed E-state index contributed by atoms with van der Waals surface area (Å²) in [5.41, 5.74) is 3.85. The number of halogens is 1. The van der Waals surface area contributed by atoms with Crippen LogP contribution in [0.3, 0.4) is 0 Å². The van der Waals surface area contributed by atoms with Crippen LogP contribution in [0.25, 0.3) is 0 Å². The highest BCUT2D eigenvalue weighted by atomic mass is 79.9. The fourth-order valence-electron chi connectivity index (χ4n) is 3.63. The quantitative estimate of drug-likeness (QED) is 0.779. The molecule has 21 heavy (non-hydrogen) atoms. The Morgan fingerprint density at radius 2 is 1.95 bits per heavy atom. The summed E-state index contributed by atoms with van der Waals surface area (Å²) in [5, 5.41) is 3.74. The lowest BCUT2D eigenvalue weighted by atomic mass is 9.77. The maximum atomic E-state index is 6.15. The molecule has 2 aromatic carbocycles. The van der Waals surface area contributed by atoms with E-state index in [2.05, 4.69) is 69.8 Å². The summed E-state index contributed by atoms with van der Waals surface area (Å²) in [6, 6.07) is 17.5. The van der Waals surface area contributed by atoms with Crippen LogP contribution in [0.5, 0.6) is 0 Å². The number of rotatable bonds is 1. The van der Waals surface area contributed by atoms with Gasteiger partial charge in [0.15, 0.2) is 0 Å². The highest BCUT2D eigenvalue weighted by molar-refractivity contribution is 9.10. The Morgan fingerprint density at radius 1 is 1.10 bits per heavy atom. The minimum Gasteiger partial charge on any atom is -0.378 e. The Labute approximate surface area is 133 Å². The van der Waals surface area contributed by atoms with Crippen LogP contribution in [-0.2, 0) is 4.74 Å². The maximum Gasteiger partial charge on any atom is 0.0896 e. The number of benzene rings is 2. The summed E-state index contributed by atoms with van der Waals surface area (Å²) in [5.74, 6) is 0.503. The monoisotopic (exact) mass is 343 g/mol. The predicted octanol–water partition coefficient (Wildman–Crippen LogP) is 5.08. The normalized spacial score (nSPS) is 27.4. The van der Waals surface area contributed by atoms with Gasteiger partial charge in [-0.3, -0.25) is 0 Å². The molecule has 2 heterocycles. The first-order valence-corrected chi connectivity index (χ1v) is 8.35. The predicted molar refractivity (Wildman–Crippen MR) is 88.4 cm³/mol. The summed E-state index contributed by atoms with van der Waals surface area (Å²) in [6.07, 6.45) is 2.57. The van der Waals surface area contributed by atoms with E-state index < -0.39 is 0 Å². The zero-order valence-electron chi connectivity index (χ0n) is 11.8. The standard InChI is InChI=1S/C18H18BrNO/c19-13-8-9-16-15(11-13)18-14(7-4-10-21-18)17(20-16)12-5-2-1-3-6-12/h1-3,5-6,8-9,11,14,17-18,20H,4,7,10H2/t14-,17-,18-/m0/s1. The molecule has 1 N–H and O–H groups in total. The van der Waals surface area contributed by atoms with Crippen LogP contribution in [0.15, 0.2) is 53.0 Å². The van der Waals surface area contributed by atoms with Gasteiger partial charge in [0.25, 0.3) is 0 Å². The van der Waals surface area contributed by atoms with E-state index in [0.717, 1.165) is 17.5 Å². The van der Waals surface area contributed by atoms with Gasteiger partial charge >= 0.3 is 0 Å². The molecule has 1 fully saturated rings. The number of hydrogen-bond acceptors (Lipinski definition) is 2. The zero-order valence-corrected chi connectivity index (χ0v) is 13.3. The average molecular weight is 344 g/mol. The Kier molecular flexibility index (Phi) is 3.48. The highest BCUT2D eigenvalue weighted by Gasteiger charge is 2.39. The number of ether oxygens (including phenoxy) is 1. The molecule has 1 saturated heterocycles. The molecule has 108 valence electrons. The molecule has 0 aromatic heterocycles. The van der Waals surface area contributed by atoms with E-state index in [1.54, 1.807) is 0 Å². The van der Waals surface area contributed by atoms with Gasteiger partial charge < -0.3 is 10.1 Å². The smallest absolute Gasteiger partial charge is 0.0896 e. The Bertz CT molecular complexity index is 643. The van der Waals surface area contributed by atoms with E-state index in [4.69, 9.17) is 4.74 Å². The molecule has 2 aromatic rings. The lowest BCUT2D eigenvalue weighted by Crippen LogP contribution is -2.35. The molecular formula is C18H18BrNO. The minimum atomic E-state index is 0.206. The fourth-order valence-corrected chi connectivity index (χ4v) is 4.01. The first-order chi connectivity index (χ1) is 10.3. The fraction of sp³-hybridized carbons (Fsp3) is 0.333. The second-order valence-corrected chi connectivity index (χ2v) is 6.78. The SMILES string of the molecule is Brc1ccc2c(c1)[C@H]1OCCC[C@H]1[C@H](c1ccccc1)N2. The van der Waals surface area contributed by atoms with Crippen LogP contribution in [0.2, 0.25) is 0 Å². The second kappa shape index (κ2) is 5.47. The highest BCUT2D eigenvalue weighted by Crippen LogP contribution is 2.49. The molecule has 0 unspecified atom stereocenters. The summed E-state index contributed by atoms with van der Waals surface area (Å²) < 4.78 is 7.27. The molecule has 2 nitrogen and oxygen atoms in total. The molecule has 4 rings (SSSR count). The van der Waals surface area contributed by atoms with Crippen molar-refractivity contribution < 1.29 is 4.74 Å². The van der Waals surface area contributed by atoms with Crippen molar-refractivity contribution in [1.82, 2.24) is 0 Å². The van der Waals surface area contributed by atoms with Crippen molar-refractivity contribution in [1.29, 1.82) is 0 Å². The minimum absolute atomic E-state index is 0.206. The molecule has 0 aliphatic carbocycles. The third-order valence-electron chi connectivity index (χ3n) is 4.59. The van der Waals surface area contributed by atoms with E-state index in [1.807, 2.05) is 0 Å². The van der Waals surface area contributed by atoms with Gasteiger partial charge in [-0.15, -0.1) is 0 Å². The first kappa shape index (κ1) is 13.4. The number of fused-ring (bicyclic) bond motifs is 3. The third kappa shape index (κ3) is 2.39. The molecular weight excluding hydrogens is 326 g/mol. The van der Waals surface area contributed by atoms with Crippen LogP contribution >= 0.6 is 15.9 Å². The lowest BCUT2D eigenvalue weighted by Gasteiger charge is -2.43. The van der Waals surface area contributed by atoms with Crippen LogP contribution in [0.1, 0.15) is 36.1 Å². The molecule has 0 amide bonds. The Balaban J connectivity index is 1.79. The number of nitrogens with one attached hydrogen (secondary N) is 1. The number of hydrogen-bond donors (Lipinski definition) is 1. The van der Waals surface area contributed by atoms with E-state index in [9.17, 15) is 0 Å². The molecule has 2 aliphatic heterocycles. The van der Waals surface area contributed by atoms with Crippen molar-refractivity contribution in [3.8, 4) is 0 Å². The van der Waals surface area contributed by atoms with Crippen LogP contribution in [0, 0.1) is 5.92 Å². The van der Waals surface area contributed by atoms with Gasteiger partial charge in [-0.2, -0.15) is 0 Å². The van der Waals surface area contributed by atoms with Crippen molar-refractivity contribution in [3.05, 3.63) is 64.1 Å². The van der Waals surface area contributed by atoms with E-state index in [0.29, 0.717) is 12.0 Å². The second-order valence-electron chi connectivity index (χ2n) is 5.86. The topological polar surface area (TPSA) is 21.3 Å². The maximum absolute atomic E-state index is 6.15. The van der Waals surface area contributed by atoms with Gasteiger partial charge in [0.1, 0.15) is 0 Å². The zero-order chi connectivity index (χ0) is 14.2. The first-order valence-electron chi connectivity index (χ1n) is 7.55. The lowest BCUT2D eigenvalue weighted by molar-refractivity contribution is -0.0381. The molecule has 0 spiro atoms. The van der Waals surface area contributed by atoms with Crippen LogP contribution in [-0.4, -0.2) is 6.61 Å². The Morgan fingerprint density at radius 3 is 2.81 bits per heavy atom.